The normalized spacial score (nSPS) is 20.5. The van der Waals surface area contributed by atoms with Gasteiger partial charge in [-0.3, -0.25) is 4.79 Å². The monoisotopic (exact) mass is 464 g/mol. The maximum atomic E-state index is 13.4. The Kier molecular flexibility index (Phi) is 6.64. The second-order valence-electron chi connectivity index (χ2n) is 8.45. The molecule has 1 atom stereocenters. The Morgan fingerprint density at radius 1 is 1.19 bits per heavy atom. The highest BCUT2D eigenvalue weighted by Crippen LogP contribution is 2.29. The predicted octanol–water partition coefficient (Wildman–Crippen LogP) is 2.32. The van der Waals surface area contributed by atoms with Gasteiger partial charge in [0.05, 0.1) is 23.2 Å². The first kappa shape index (κ1) is 22.9. The molecule has 8 nitrogen and oxygen atoms in total. The second-order valence-corrected chi connectivity index (χ2v) is 10.3. The number of ether oxygens (including phenoxy) is 1. The van der Waals surface area contributed by atoms with Crippen LogP contribution >= 0.6 is 0 Å². The number of amides is 1. The number of piperidine rings is 1. The third-order valence-electron chi connectivity index (χ3n) is 6.25. The first-order chi connectivity index (χ1) is 15.3. The van der Waals surface area contributed by atoms with Gasteiger partial charge in [-0.1, -0.05) is 0 Å². The van der Waals surface area contributed by atoms with Crippen LogP contribution in [0.15, 0.2) is 29.2 Å². The fourth-order valence-corrected chi connectivity index (χ4v) is 6.31. The quantitative estimate of drug-likeness (QED) is 0.708. The minimum absolute atomic E-state index is 0.0333. The molecule has 2 saturated heterocycles. The second kappa shape index (κ2) is 9.29. The van der Waals surface area contributed by atoms with Crippen molar-refractivity contribution in [2.45, 2.75) is 50.5 Å². The Balaban J connectivity index is 1.43. The van der Waals surface area contributed by atoms with Gasteiger partial charge in [0.1, 0.15) is 10.7 Å². The number of hydrogen-bond donors (Lipinski definition) is 1. The summed E-state index contributed by atoms with van der Waals surface area (Å²) in [5.74, 6) is -0.605. The SMILES string of the molecule is Cc1nn(-c2ccc(F)cc2)c(C)c1S(=O)(=O)N1CCC(C(=O)NC[C@H]2CCCO2)CC1. The molecule has 0 radical (unpaired) electrons. The zero-order valence-electron chi connectivity index (χ0n) is 18.4. The number of benzene rings is 1. The highest BCUT2D eigenvalue weighted by atomic mass is 32.2. The van der Waals surface area contributed by atoms with E-state index in [1.165, 1.54) is 21.1 Å². The van der Waals surface area contributed by atoms with E-state index < -0.39 is 10.0 Å². The number of nitrogens with one attached hydrogen (secondary N) is 1. The predicted molar refractivity (Wildman–Crippen MR) is 116 cm³/mol. The minimum Gasteiger partial charge on any atom is -0.376 e. The summed E-state index contributed by atoms with van der Waals surface area (Å²) >= 11 is 0. The summed E-state index contributed by atoms with van der Waals surface area (Å²) in [6.45, 7) is 5.17. The fourth-order valence-electron chi connectivity index (χ4n) is 4.49. The van der Waals surface area contributed by atoms with Gasteiger partial charge in [0.2, 0.25) is 15.9 Å². The largest absolute Gasteiger partial charge is 0.376 e. The Morgan fingerprint density at radius 3 is 2.50 bits per heavy atom. The van der Waals surface area contributed by atoms with Gasteiger partial charge in [-0.15, -0.1) is 0 Å². The number of halogens is 1. The number of carbonyl (C=O) groups is 1. The van der Waals surface area contributed by atoms with Crippen LogP contribution in [-0.2, 0) is 19.6 Å². The summed E-state index contributed by atoms with van der Waals surface area (Å²) < 4.78 is 48.6. The van der Waals surface area contributed by atoms with E-state index in [1.807, 2.05) is 0 Å². The van der Waals surface area contributed by atoms with E-state index in [-0.39, 0.29) is 41.7 Å². The van der Waals surface area contributed by atoms with Gasteiger partial charge in [0.25, 0.3) is 0 Å². The maximum Gasteiger partial charge on any atom is 0.246 e. The fraction of sp³-hybridized carbons (Fsp3) is 0.545. The molecule has 32 heavy (non-hydrogen) atoms. The van der Waals surface area contributed by atoms with Crippen LogP contribution in [0.1, 0.15) is 37.1 Å². The van der Waals surface area contributed by atoms with E-state index in [0.29, 0.717) is 36.5 Å². The third kappa shape index (κ3) is 4.57. The van der Waals surface area contributed by atoms with Crippen molar-refractivity contribution in [2.24, 2.45) is 5.92 Å². The summed E-state index contributed by atoms with van der Waals surface area (Å²) in [7, 11) is -3.77. The number of carbonyl (C=O) groups excluding carboxylic acids is 1. The van der Waals surface area contributed by atoms with E-state index >= 15 is 0 Å². The number of nitrogens with zero attached hydrogens (tertiary/aromatic N) is 3. The molecular formula is C22H29FN4O4S. The van der Waals surface area contributed by atoms with E-state index in [0.717, 1.165) is 19.4 Å². The van der Waals surface area contributed by atoms with Crippen molar-refractivity contribution >= 4 is 15.9 Å². The molecule has 1 aromatic carbocycles. The molecule has 1 N–H and O–H groups in total. The molecule has 0 saturated carbocycles. The first-order valence-electron chi connectivity index (χ1n) is 11.0. The van der Waals surface area contributed by atoms with Gasteiger partial charge >= 0.3 is 0 Å². The van der Waals surface area contributed by atoms with Crippen molar-refractivity contribution in [3.63, 3.8) is 0 Å². The highest BCUT2D eigenvalue weighted by Gasteiger charge is 2.35. The number of hydrogen-bond acceptors (Lipinski definition) is 5. The third-order valence-corrected chi connectivity index (χ3v) is 8.40. The smallest absolute Gasteiger partial charge is 0.246 e. The standard InChI is InChI=1S/C22H29FN4O4S/c1-15-21(16(2)27(25-15)19-7-5-18(23)6-8-19)32(29,30)26-11-9-17(10-12-26)22(28)24-14-20-4-3-13-31-20/h5-8,17,20H,3-4,9-14H2,1-2H3,(H,24,28)/t20-/m1/s1. The van der Waals surface area contributed by atoms with Gasteiger partial charge < -0.3 is 10.1 Å². The lowest BCUT2D eigenvalue weighted by molar-refractivity contribution is -0.126. The Hall–Kier alpha value is -2.30. The molecule has 1 aromatic heterocycles. The molecular weight excluding hydrogens is 435 g/mol. The van der Waals surface area contributed by atoms with E-state index in [1.54, 1.807) is 26.0 Å². The molecule has 3 heterocycles. The van der Waals surface area contributed by atoms with Gasteiger partial charge in [-0.2, -0.15) is 9.40 Å². The molecule has 2 aliphatic rings. The van der Waals surface area contributed by atoms with Gasteiger partial charge in [0, 0.05) is 32.2 Å². The number of rotatable bonds is 6. The van der Waals surface area contributed by atoms with Gasteiger partial charge in [-0.05, 0) is 63.8 Å². The number of aromatic nitrogens is 2. The van der Waals surface area contributed by atoms with Crippen molar-refractivity contribution in [1.82, 2.24) is 19.4 Å². The summed E-state index contributed by atoms with van der Waals surface area (Å²) in [5.41, 5.74) is 1.46. The lowest BCUT2D eigenvalue weighted by Gasteiger charge is -2.30. The Bertz CT molecular complexity index is 1070. The van der Waals surface area contributed by atoms with Gasteiger partial charge in [-0.25, -0.2) is 17.5 Å². The van der Waals surface area contributed by atoms with Crippen molar-refractivity contribution < 1.29 is 22.3 Å². The topological polar surface area (TPSA) is 93.5 Å². The summed E-state index contributed by atoms with van der Waals surface area (Å²) in [4.78, 5) is 12.7. The average molecular weight is 465 g/mol. The molecule has 0 unspecified atom stereocenters. The van der Waals surface area contributed by atoms with E-state index in [9.17, 15) is 17.6 Å². The van der Waals surface area contributed by atoms with Crippen molar-refractivity contribution in [3.8, 4) is 5.69 Å². The van der Waals surface area contributed by atoms with Crippen LogP contribution in [0.5, 0.6) is 0 Å². The summed E-state index contributed by atoms with van der Waals surface area (Å²) in [5, 5.41) is 7.34. The molecule has 1 amide bonds. The molecule has 4 rings (SSSR count). The van der Waals surface area contributed by atoms with Crippen LogP contribution in [0.2, 0.25) is 0 Å². The molecule has 2 aromatic rings. The maximum absolute atomic E-state index is 13.4. The summed E-state index contributed by atoms with van der Waals surface area (Å²) in [6, 6.07) is 5.75. The van der Waals surface area contributed by atoms with E-state index in [4.69, 9.17) is 4.74 Å². The van der Waals surface area contributed by atoms with Crippen LogP contribution in [0.3, 0.4) is 0 Å². The molecule has 0 spiro atoms. The molecule has 2 fully saturated rings. The lowest BCUT2D eigenvalue weighted by atomic mass is 9.97. The Morgan fingerprint density at radius 2 is 1.88 bits per heavy atom. The van der Waals surface area contributed by atoms with Crippen LogP contribution < -0.4 is 5.32 Å². The Labute approximate surface area is 187 Å². The number of sulfonamides is 1. The minimum atomic E-state index is -3.77. The van der Waals surface area contributed by atoms with Crippen LogP contribution in [0, 0.1) is 25.6 Å². The molecule has 0 bridgehead atoms. The van der Waals surface area contributed by atoms with Gasteiger partial charge in [0.15, 0.2) is 0 Å². The van der Waals surface area contributed by atoms with Crippen LogP contribution in [-0.4, -0.2) is 60.8 Å². The molecule has 0 aliphatic carbocycles. The zero-order chi connectivity index (χ0) is 22.9. The zero-order valence-corrected chi connectivity index (χ0v) is 19.2. The summed E-state index contributed by atoms with van der Waals surface area (Å²) in [6.07, 6.45) is 3.01. The number of aryl methyl sites for hydroxylation is 1. The molecule has 10 heteroatoms. The lowest BCUT2D eigenvalue weighted by Crippen LogP contribution is -2.44. The van der Waals surface area contributed by atoms with Crippen molar-refractivity contribution in [3.05, 3.63) is 41.5 Å². The van der Waals surface area contributed by atoms with Crippen molar-refractivity contribution in [1.29, 1.82) is 0 Å². The van der Waals surface area contributed by atoms with Crippen molar-refractivity contribution in [2.75, 3.05) is 26.2 Å². The average Bonchev–Trinajstić information content (AvgIpc) is 3.40. The van der Waals surface area contributed by atoms with Crippen LogP contribution in [0.25, 0.3) is 5.69 Å². The molecule has 174 valence electrons. The van der Waals surface area contributed by atoms with E-state index in [2.05, 4.69) is 10.4 Å². The highest BCUT2D eigenvalue weighted by molar-refractivity contribution is 7.89. The molecule has 2 aliphatic heterocycles. The van der Waals surface area contributed by atoms with Crippen LogP contribution in [0.4, 0.5) is 4.39 Å². The first-order valence-corrected chi connectivity index (χ1v) is 12.4.